The SMILES string of the molecule is N#Cc1cc(F)[c]cc1S(=O)(=O)Cl. The quantitative estimate of drug-likeness (QED) is 0.670. The van der Waals surface area contributed by atoms with Crippen LogP contribution in [0.4, 0.5) is 4.39 Å². The summed E-state index contributed by atoms with van der Waals surface area (Å²) in [5, 5.41) is 8.45. The van der Waals surface area contributed by atoms with Crippen LogP contribution in [0.3, 0.4) is 0 Å². The first-order valence-electron chi connectivity index (χ1n) is 3.01. The van der Waals surface area contributed by atoms with E-state index in [2.05, 4.69) is 0 Å². The number of rotatable bonds is 1. The van der Waals surface area contributed by atoms with Gasteiger partial charge in [-0.2, -0.15) is 5.26 Å². The molecule has 67 valence electrons. The Hall–Kier alpha value is -1.12. The molecule has 0 atom stereocenters. The summed E-state index contributed by atoms with van der Waals surface area (Å²) >= 11 is 0. The zero-order valence-electron chi connectivity index (χ0n) is 6.08. The van der Waals surface area contributed by atoms with Crippen molar-refractivity contribution in [3.05, 3.63) is 29.6 Å². The summed E-state index contributed by atoms with van der Waals surface area (Å²) in [5.74, 6) is -0.805. The largest absolute Gasteiger partial charge is 0.262 e. The van der Waals surface area contributed by atoms with Crippen LogP contribution < -0.4 is 0 Å². The Kier molecular flexibility index (Phi) is 2.55. The van der Waals surface area contributed by atoms with Crippen molar-refractivity contribution >= 4 is 19.7 Å². The zero-order valence-corrected chi connectivity index (χ0v) is 7.66. The van der Waals surface area contributed by atoms with Crippen LogP contribution in [0.15, 0.2) is 17.0 Å². The Morgan fingerprint density at radius 2 is 2.23 bits per heavy atom. The van der Waals surface area contributed by atoms with Crippen molar-refractivity contribution < 1.29 is 12.8 Å². The van der Waals surface area contributed by atoms with E-state index in [1.54, 1.807) is 0 Å². The molecule has 3 nitrogen and oxygen atoms in total. The van der Waals surface area contributed by atoms with Crippen LogP contribution in [0.5, 0.6) is 0 Å². The van der Waals surface area contributed by atoms with Gasteiger partial charge in [0.2, 0.25) is 0 Å². The first-order valence-corrected chi connectivity index (χ1v) is 5.32. The molecule has 1 rings (SSSR count). The van der Waals surface area contributed by atoms with Gasteiger partial charge in [0.05, 0.1) is 5.56 Å². The van der Waals surface area contributed by atoms with Crippen LogP contribution in [0.25, 0.3) is 0 Å². The first-order chi connectivity index (χ1) is 5.95. The van der Waals surface area contributed by atoms with Crippen LogP contribution in [0.1, 0.15) is 5.56 Å². The van der Waals surface area contributed by atoms with Gasteiger partial charge in [-0.15, -0.1) is 0 Å². The van der Waals surface area contributed by atoms with E-state index < -0.39 is 19.8 Å². The predicted molar refractivity (Wildman–Crippen MR) is 43.0 cm³/mol. The van der Waals surface area contributed by atoms with Gasteiger partial charge in [0.25, 0.3) is 9.05 Å². The maximum atomic E-state index is 12.5. The van der Waals surface area contributed by atoms with Crippen molar-refractivity contribution in [1.82, 2.24) is 0 Å². The van der Waals surface area contributed by atoms with Crippen LogP contribution in [-0.2, 0) is 9.05 Å². The highest BCUT2D eigenvalue weighted by molar-refractivity contribution is 8.13. The van der Waals surface area contributed by atoms with E-state index in [1.165, 1.54) is 6.07 Å². The minimum Gasteiger partial charge on any atom is -0.207 e. The second kappa shape index (κ2) is 3.32. The second-order valence-electron chi connectivity index (χ2n) is 2.11. The maximum Gasteiger partial charge on any atom is 0.262 e. The molecule has 0 bridgehead atoms. The van der Waals surface area contributed by atoms with Crippen molar-refractivity contribution in [2.75, 3.05) is 0 Å². The van der Waals surface area contributed by atoms with Gasteiger partial charge in [-0.05, 0) is 12.1 Å². The summed E-state index contributed by atoms with van der Waals surface area (Å²) in [7, 11) is 0.963. The average Bonchev–Trinajstić information content (AvgIpc) is 2.01. The molecule has 1 radical (unpaired) electrons. The Balaban J connectivity index is 3.50. The molecule has 0 aliphatic carbocycles. The lowest BCUT2D eigenvalue weighted by atomic mass is 10.2. The molecule has 0 spiro atoms. The molecule has 0 saturated carbocycles. The Morgan fingerprint density at radius 3 is 2.69 bits per heavy atom. The number of halogens is 2. The van der Waals surface area contributed by atoms with E-state index in [0.717, 1.165) is 12.1 Å². The van der Waals surface area contributed by atoms with Gasteiger partial charge in [0.15, 0.2) is 0 Å². The summed E-state index contributed by atoms with van der Waals surface area (Å²) in [6.45, 7) is 0. The normalized spacial score (nSPS) is 10.8. The van der Waals surface area contributed by atoms with Crippen molar-refractivity contribution in [1.29, 1.82) is 5.26 Å². The van der Waals surface area contributed by atoms with Gasteiger partial charge in [-0.25, -0.2) is 12.8 Å². The predicted octanol–water partition coefficient (Wildman–Crippen LogP) is 1.43. The number of benzene rings is 1. The molecule has 0 heterocycles. The van der Waals surface area contributed by atoms with Crippen molar-refractivity contribution in [2.45, 2.75) is 4.90 Å². The average molecular weight is 219 g/mol. The molecule has 13 heavy (non-hydrogen) atoms. The fourth-order valence-corrected chi connectivity index (χ4v) is 1.69. The molecule has 0 amide bonds. The second-order valence-corrected chi connectivity index (χ2v) is 4.64. The molecule has 6 heteroatoms. The third-order valence-corrected chi connectivity index (χ3v) is 2.62. The number of hydrogen-bond donors (Lipinski definition) is 0. The molecule has 0 fully saturated rings. The summed E-state index contributed by atoms with van der Waals surface area (Å²) in [6.07, 6.45) is 0. The molecule has 0 aromatic heterocycles. The Labute approximate surface area is 78.8 Å². The smallest absolute Gasteiger partial charge is 0.207 e. The van der Waals surface area contributed by atoms with Gasteiger partial charge >= 0.3 is 0 Å². The molecule has 0 N–H and O–H groups in total. The molecular weight excluding hydrogens is 217 g/mol. The van der Waals surface area contributed by atoms with E-state index in [0.29, 0.717) is 0 Å². The summed E-state index contributed by atoms with van der Waals surface area (Å²) in [6, 6.07) is 5.11. The van der Waals surface area contributed by atoms with Crippen molar-refractivity contribution in [2.24, 2.45) is 0 Å². The lowest BCUT2D eigenvalue weighted by molar-refractivity contribution is 0.606. The molecule has 0 aliphatic heterocycles. The van der Waals surface area contributed by atoms with E-state index in [1.807, 2.05) is 6.07 Å². The van der Waals surface area contributed by atoms with Crippen LogP contribution in [0.2, 0.25) is 0 Å². The minimum absolute atomic E-state index is 0.328. The maximum absolute atomic E-state index is 12.5. The third kappa shape index (κ3) is 2.17. The standard InChI is InChI=1S/C7H2ClFNO2S/c8-13(11,12)7-2-1-6(9)3-5(7)4-10/h2-3H. The summed E-state index contributed by atoms with van der Waals surface area (Å²) in [5.41, 5.74) is -0.328. The van der Waals surface area contributed by atoms with E-state index in [9.17, 15) is 12.8 Å². The molecule has 1 aromatic carbocycles. The monoisotopic (exact) mass is 218 g/mol. The highest BCUT2D eigenvalue weighted by Gasteiger charge is 2.15. The topological polar surface area (TPSA) is 57.9 Å². The summed E-state index contributed by atoms with van der Waals surface area (Å²) < 4.78 is 34.1. The van der Waals surface area contributed by atoms with Crippen LogP contribution in [0, 0.1) is 23.2 Å². The van der Waals surface area contributed by atoms with E-state index >= 15 is 0 Å². The van der Waals surface area contributed by atoms with Gasteiger partial charge in [0.1, 0.15) is 16.8 Å². The number of hydrogen-bond acceptors (Lipinski definition) is 3. The fourth-order valence-electron chi connectivity index (χ4n) is 0.741. The van der Waals surface area contributed by atoms with Crippen molar-refractivity contribution in [3.8, 4) is 6.07 Å². The molecule has 0 saturated heterocycles. The van der Waals surface area contributed by atoms with Gasteiger partial charge in [-0.1, -0.05) is 0 Å². The van der Waals surface area contributed by atoms with Crippen molar-refractivity contribution in [3.63, 3.8) is 0 Å². The van der Waals surface area contributed by atoms with Gasteiger partial charge in [-0.3, -0.25) is 0 Å². The van der Waals surface area contributed by atoms with Gasteiger partial charge in [0, 0.05) is 16.7 Å². The molecule has 0 aliphatic rings. The fraction of sp³-hybridized carbons (Fsp3) is 0. The first kappa shape index (κ1) is 9.96. The van der Waals surface area contributed by atoms with Gasteiger partial charge < -0.3 is 0 Å². The Bertz CT molecular complexity index is 478. The zero-order chi connectivity index (χ0) is 10.1. The summed E-state index contributed by atoms with van der Waals surface area (Å²) in [4.78, 5) is -0.432. The number of nitrogens with zero attached hydrogens (tertiary/aromatic N) is 1. The minimum atomic E-state index is -4.01. The third-order valence-electron chi connectivity index (χ3n) is 1.26. The highest BCUT2D eigenvalue weighted by atomic mass is 35.7. The highest BCUT2D eigenvalue weighted by Crippen LogP contribution is 2.19. The van der Waals surface area contributed by atoms with Crippen LogP contribution >= 0.6 is 10.7 Å². The lowest BCUT2D eigenvalue weighted by Crippen LogP contribution is -1.95. The molecular formula is C7H2ClFNO2S. The lowest BCUT2D eigenvalue weighted by Gasteiger charge is -1.97. The number of nitriles is 1. The van der Waals surface area contributed by atoms with E-state index in [4.69, 9.17) is 15.9 Å². The molecule has 1 aromatic rings. The van der Waals surface area contributed by atoms with Crippen LogP contribution in [-0.4, -0.2) is 8.42 Å². The van der Waals surface area contributed by atoms with E-state index in [-0.39, 0.29) is 5.56 Å². The molecule has 0 unspecified atom stereocenters. The Morgan fingerprint density at radius 1 is 1.62 bits per heavy atom.